The Morgan fingerprint density at radius 1 is 2.00 bits per heavy atom. The van der Waals surface area contributed by atoms with Crippen LogP contribution in [0.4, 0.5) is 0 Å². The van der Waals surface area contributed by atoms with E-state index < -0.39 is 0 Å². The Kier molecular flexibility index (Phi) is 2.18. The second-order valence-electron chi connectivity index (χ2n) is 2.02. The first kappa shape index (κ1) is 7.43. The van der Waals surface area contributed by atoms with Crippen LogP contribution in [0.25, 0.3) is 0 Å². The van der Waals surface area contributed by atoms with Gasteiger partial charge in [0, 0.05) is 12.1 Å². The van der Waals surface area contributed by atoms with Crippen LogP contribution in [-0.4, -0.2) is 28.9 Å². The molecule has 5 heteroatoms. The van der Waals surface area contributed by atoms with Crippen molar-refractivity contribution in [3.8, 4) is 0 Å². The molecular weight excluding hydrogens is 150 g/mol. The molecule has 1 aliphatic heterocycles. The lowest BCUT2D eigenvalue weighted by molar-refractivity contribution is 0.318. The summed E-state index contributed by atoms with van der Waals surface area (Å²) in [6, 6.07) is 0. The normalized spacial score (nSPS) is 21.3. The third kappa shape index (κ3) is 1.43. The van der Waals surface area contributed by atoms with Crippen LogP contribution in [0.15, 0.2) is 16.1 Å². The summed E-state index contributed by atoms with van der Waals surface area (Å²) in [4.78, 5) is 0. The van der Waals surface area contributed by atoms with Crippen molar-refractivity contribution in [3.05, 3.63) is 11.0 Å². The third-order valence-electron chi connectivity index (χ3n) is 1.20. The molecule has 0 radical (unpaired) electrons. The number of oxime groups is 1. The highest BCUT2D eigenvalue weighted by Gasteiger charge is 2.13. The Hall–Kier alpha value is -0.680. The van der Waals surface area contributed by atoms with E-state index in [1.54, 1.807) is 11.9 Å². The Bertz CT molecular complexity index is 189. The maximum absolute atomic E-state index is 8.28. The zero-order valence-electron chi connectivity index (χ0n) is 5.61. The van der Waals surface area contributed by atoms with Gasteiger partial charge >= 0.3 is 0 Å². The van der Waals surface area contributed by atoms with Gasteiger partial charge in [-0.25, -0.2) is 4.31 Å². The van der Waals surface area contributed by atoms with Crippen molar-refractivity contribution in [2.24, 2.45) is 10.9 Å². The van der Waals surface area contributed by atoms with Crippen molar-refractivity contribution in [2.45, 2.75) is 0 Å². The van der Waals surface area contributed by atoms with Crippen LogP contribution in [-0.2, 0) is 0 Å². The van der Waals surface area contributed by atoms with Crippen LogP contribution in [0.2, 0.25) is 0 Å². The first-order chi connectivity index (χ1) is 4.74. The van der Waals surface area contributed by atoms with Gasteiger partial charge in [0.25, 0.3) is 0 Å². The Balaban J connectivity index is 2.60. The van der Waals surface area contributed by atoms with Crippen molar-refractivity contribution in [3.63, 3.8) is 0 Å². The minimum Gasteiger partial charge on any atom is -0.409 e. The van der Waals surface area contributed by atoms with E-state index in [1.165, 1.54) is 0 Å². The fourth-order valence-corrected chi connectivity index (χ4v) is 1.39. The lowest BCUT2D eigenvalue weighted by Gasteiger charge is -2.03. The van der Waals surface area contributed by atoms with Crippen LogP contribution in [0.3, 0.4) is 0 Å². The zero-order chi connectivity index (χ0) is 7.56. The SMILES string of the molecule is CN1CC(C(N)=NO)=CS1. The van der Waals surface area contributed by atoms with Crippen LogP contribution >= 0.6 is 11.9 Å². The molecule has 0 aromatic rings. The molecule has 0 aromatic carbocycles. The number of nitrogens with zero attached hydrogens (tertiary/aromatic N) is 2. The molecule has 56 valence electrons. The van der Waals surface area contributed by atoms with Gasteiger partial charge in [0.05, 0.1) is 0 Å². The molecule has 1 aliphatic rings. The summed E-state index contributed by atoms with van der Waals surface area (Å²) in [6.45, 7) is 0.737. The molecule has 0 atom stereocenters. The van der Waals surface area contributed by atoms with Crippen LogP contribution < -0.4 is 5.73 Å². The van der Waals surface area contributed by atoms with E-state index in [-0.39, 0.29) is 5.84 Å². The highest BCUT2D eigenvalue weighted by atomic mass is 32.2. The molecule has 0 amide bonds. The van der Waals surface area contributed by atoms with Crippen molar-refractivity contribution < 1.29 is 5.21 Å². The monoisotopic (exact) mass is 159 g/mol. The highest BCUT2D eigenvalue weighted by Crippen LogP contribution is 2.20. The average molecular weight is 159 g/mol. The molecule has 0 saturated carbocycles. The number of rotatable bonds is 1. The summed E-state index contributed by atoms with van der Waals surface area (Å²) < 4.78 is 1.99. The number of hydrogen-bond donors (Lipinski definition) is 2. The van der Waals surface area contributed by atoms with Crippen LogP contribution in [0.1, 0.15) is 0 Å². The van der Waals surface area contributed by atoms with Gasteiger partial charge in [-0.2, -0.15) is 0 Å². The Morgan fingerprint density at radius 2 is 2.70 bits per heavy atom. The Morgan fingerprint density at radius 3 is 3.10 bits per heavy atom. The van der Waals surface area contributed by atoms with Gasteiger partial charge < -0.3 is 10.9 Å². The van der Waals surface area contributed by atoms with Crippen molar-refractivity contribution in [1.82, 2.24) is 4.31 Å². The van der Waals surface area contributed by atoms with Crippen LogP contribution in [0.5, 0.6) is 0 Å². The molecule has 0 saturated heterocycles. The van der Waals surface area contributed by atoms with E-state index in [4.69, 9.17) is 10.9 Å². The van der Waals surface area contributed by atoms with Gasteiger partial charge in [0.2, 0.25) is 0 Å². The van der Waals surface area contributed by atoms with E-state index in [0.29, 0.717) is 0 Å². The molecule has 10 heavy (non-hydrogen) atoms. The lowest BCUT2D eigenvalue weighted by Crippen LogP contribution is -2.19. The smallest absolute Gasteiger partial charge is 0.167 e. The van der Waals surface area contributed by atoms with Crippen molar-refractivity contribution in [2.75, 3.05) is 13.6 Å². The van der Waals surface area contributed by atoms with Crippen LogP contribution in [0, 0.1) is 0 Å². The van der Waals surface area contributed by atoms with E-state index in [9.17, 15) is 0 Å². The largest absolute Gasteiger partial charge is 0.409 e. The second-order valence-corrected chi connectivity index (χ2v) is 3.09. The molecule has 0 spiro atoms. The second kappa shape index (κ2) is 2.94. The number of likely N-dealkylation sites (N-methyl/N-ethyl adjacent to an activating group) is 1. The minimum atomic E-state index is 0.205. The lowest BCUT2D eigenvalue weighted by atomic mass is 10.3. The Labute approximate surface area is 63.5 Å². The molecule has 0 aromatic heterocycles. The highest BCUT2D eigenvalue weighted by molar-refractivity contribution is 8.00. The van der Waals surface area contributed by atoms with Gasteiger partial charge in [-0.3, -0.25) is 0 Å². The maximum atomic E-state index is 8.28. The fourth-order valence-electron chi connectivity index (χ4n) is 0.674. The summed E-state index contributed by atoms with van der Waals surface area (Å²) in [6.07, 6.45) is 0. The zero-order valence-corrected chi connectivity index (χ0v) is 6.43. The van der Waals surface area contributed by atoms with E-state index >= 15 is 0 Å². The topological polar surface area (TPSA) is 61.8 Å². The summed E-state index contributed by atoms with van der Waals surface area (Å²) >= 11 is 1.55. The maximum Gasteiger partial charge on any atom is 0.167 e. The van der Waals surface area contributed by atoms with Gasteiger partial charge in [-0.15, -0.1) is 0 Å². The number of amidine groups is 1. The van der Waals surface area contributed by atoms with E-state index in [2.05, 4.69) is 5.16 Å². The average Bonchev–Trinajstić information content (AvgIpc) is 2.34. The number of hydrogen-bond acceptors (Lipinski definition) is 4. The summed E-state index contributed by atoms with van der Waals surface area (Å²) in [5.74, 6) is 0.205. The van der Waals surface area contributed by atoms with Gasteiger partial charge in [-0.1, -0.05) is 5.16 Å². The molecule has 4 nitrogen and oxygen atoms in total. The quantitative estimate of drug-likeness (QED) is 0.189. The fraction of sp³-hybridized carbons (Fsp3) is 0.400. The van der Waals surface area contributed by atoms with E-state index in [0.717, 1.165) is 12.1 Å². The third-order valence-corrected chi connectivity index (χ3v) is 2.08. The molecular formula is C5H9N3OS. The van der Waals surface area contributed by atoms with Gasteiger partial charge in [0.15, 0.2) is 5.84 Å². The summed E-state index contributed by atoms with van der Waals surface area (Å²) in [7, 11) is 1.94. The molecule has 1 heterocycles. The molecule has 3 N–H and O–H groups in total. The molecule has 0 unspecified atom stereocenters. The molecule has 0 aliphatic carbocycles. The minimum absolute atomic E-state index is 0.205. The van der Waals surface area contributed by atoms with Gasteiger partial charge in [0.1, 0.15) is 0 Å². The predicted molar refractivity (Wildman–Crippen MR) is 41.7 cm³/mol. The molecule has 0 bridgehead atoms. The standard InChI is InChI=1S/C5H9N3OS/c1-8-2-4(3-10-8)5(6)7-9/h3,9H,2H2,1H3,(H2,6,7). The summed E-state index contributed by atoms with van der Waals surface area (Å²) in [5, 5.41) is 13.0. The first-order valence-electron chi connectivity index (χ1n) is 2.79. The molecule has 1 rings (SSSR count). The number of nitrogens with two attached hydrogens (primary N) is 1. The predicted octanol–water partition coefficient (Wildman–Crippen LogP) is 0.210. The summed E-state index contributed by atoms with van der Waals surface area (Å²) in [5.41, 5.74) is 6.20. The molecule has 0 fully saturated rings. The van der Waals surface area contributed by atoms with E-state index in [1.807, 2.05) is 16.8 Å². The van der Waals surface area contributed by atoms with Crippen molar-refractivity contribution >= 4 is 17.8 Å². The van der Waals surface area contributed by atoms with Gasteiger partial charge in [-0.05, 0) is 24.4 Å². The van der Waals surface area contributed by atoms with Crippen molar-refractivity contribution in [1.29, 1.82) is 0 Å². The first-order valence-corrected chi connectivity index (χ1v) is 3.62.